The Hall–Kier alpha value is -1.80. The van der Waals surface area contributed by atoms with Crippen molar-refractivity contribution in [3.8, 4) is 0 Å². The van der Waals surface area contributed by atoms with E-state index in [4.69, 9.17) is 11.6 Å². The van der Waals surface area contributed by atoms with Crippen molar-refractivity contribution in [2.45, 2.75) is 25.1 Å². The molecule has 136 valence electrons. The van der Waals surface area contributed by atoms with Crippen LogP contribution in [0.2, 0.25) is 5.02 Å². The number of alkyl halides is 3. The second-order valence-electron chi connectivity index (χ2n) is 6.22. The van der Waals surface area contributed by atoms with Crippen LogP contribution in [-0.2, 0) is 13.2 Å². The first kappa shape index (κ1) is 18.0. The zero-order valence-electron chi connectivity index (χ0n) is 13.5. The zero-order chi connectivity index (χ0) is 18.2. The monoisotopic (exact) mass is 374 g/mol. The molecule has 2 aromatic rings. The molecule has 0 aromatic carbocycles. The van der Waals surface area contributed by atoms with Crippen molar-refractivity contribution in [2.24, 2.45) is 13.0 Å². The van der Waals surface area contributed by atoms with Crippen LogP contribution in [0.5, 0.6) is 0 Å². The van der Waals surface area contributed by atoms with Gasteiger partial charge in [-0.1, -0.05) is 11.6 Å². The molecular formula is C16H18ClF3N4O. The van der Waals surface area contributed by atoms with Gasteiger partial charge in [-0.2, -0.15) is 13.2 Å². The van der Waals surface area contributed by atoms with Crippen LogP contribution >= 0.6 is 11.6 Å². The van der Waals surface area contributed by atoms with Crippen molar-refractivity contribution < 1.29 is 18.3 Å². The van der Waals surface area contributed by atoms with Crippen LogP contribution in [0.15, 0.2) is 24.7 Å². The van der Waals surface area contributed by atoms with Crippen LogP contribution < -0.4 is 4.90 Å². The first-order chi connectivity index (χ1) is 11.8. The number of halogens is 4. The molecule has 1 N–H and O–H groups in total. The van der Waals surface area contributed by atoms with E-state index in [1.54, 1.807) is 24.0 Å². The van der Waals surface area contributed by atoms with E-state index in [1.165, 1.54) is 0 Å². The lowest BCUT2D eigenvalue weighted by Crippen LogP contribution is -2.39. The number of aliphatic hydroxyl groups is 1. The highest BCUT2D eigenvalue weighted by Gasteiger charge is 2.34. The minimum atomic E-state index is -4.48. The molecule has 2 atom stereocenters. The van der Waals surface area contributed by atoms with Gasteiger partial charge in [-0.05, 0) is 18.9 Å². The normalized spacial score (nSPS) is 19.9. The molecule has 1 aliphatic rings. The molecule has 0 saturated carbocycles. The Morgan fingerprint density at radius 2 is 2.12 bits per heavy atom. The van der Waals surface area contributed by atoms with Gasteiger partial charge >= 0.3 is 6.18 Å². The Kier molecular flexibility index (Phi) is 4.92. The number of anilines is 1. The van der Waals surface area contributed by atoms with Crippen molar-refractivity contribution in [3.05, 3.63) is 41.1 Å². The number of hydrogen-bond donors (Lipinski definition) is 1. The third-order valence-electron chi connectivity index (χ3n) is 4.48. The largest absolute Gasteiger partial charge is 0.417 e. The molecular weight excluding hydrogens is 357 g/mol. The van der Waals surface area contributed by atoms with Crippen LogP contribution in [0.3, 0.4) is 0 Å². The number of imidazole rings is 1. The molecule has 0 bridgehead atoms. The van der Waals surface area contributed by atoms with Crippen molar-refractivity contribution in [1.29, 1.82) is 0 Å². The van der Waals surface area contributed by atoms with Crippen LogP contribution in [0.1, 0.15) is 30.3 Å². The predicted octanol–water partition coefficient (Wildman–Crippen LogP) is 3.44. The number of piperidine rings is 1. The van der Waals surface area contributed by atoms with Gasteiger partial charge in [0.15, 0.2) is 0 Å². The SMILES string of the molecule is Cn1ccnc1C(O)C1CCCN(c2ncc(C(F)(F)F)cc2Cl)C1. The lowest BCUT2D eigenvalue weighted by Gasteiger charge is -2.36. The van der Waals surface area contributed by atoms with Crippen molar-refractivity contribution in [2.75, 3.05) is 18.0 Å². The average molecular weight is 375 g/mol. The van der Waals surface area contributed by atoms with Crippen LogP contribution in [0, 0.1) is 5.92 Å². The average Bonchev–Trinajstić information content (AvgIpc) is 2.99. The minimum Gasteiger partial charge on any atom is -0.385 e. The maximum Gasteiger partial charge on any atom is 0.417 e. The summed E-state index contributed by atoms with van der Waals surface area (Å²) in [5.41, 5.74) is -0.872. The predicted molar refractivity (Wildman–Crippen MR) is 87.4 cm³/mol. The molecule has 2 aromatic heterocycles. The van der Waals surface area contributed by atoms with Crippen molar-refractivity contribution >= 4 is 17.4 Å². The van der Waals surface area contributed by atoms with Crippen LogP contribution in [-0.4, -0.2) is 32.7 Å². The number of aliphatic hydroxyl groups excluding tert-OH is 1. The summed E-state index contributed by atoms with van der Waals surface area (Å²) < 4.78 is 40.0. The standard InChI is InChI=1S/C16H18ClF3N4O/c1-23-6-4-21-15(23)13(25)10-3-2-5-24(9-10)14-12(17)7-11(8-22-14)16(18,19)20/h4,6-8,10,13,25H,2-3,5,9H2,1H3. The molecule has 1 fully saturated rings. The first-order valence-corrected chi connectivity index (χ1v) is 8.28. The molecule has 1 aliphatic heterocycles. The zero-order valence-corrected chi connectivity index (χ0v) is 14.3. The summed E-state index contributed by atoms with van der Waals surface area (Å²) in [5, 5.41) is 10.5. The van der Waals surface area contributed by atoms with Gasteiger partial charge in [0, 0.05) is 44.6 Å². The Morgan fingerprint density at radius 1 is 1.36 bits per heavy atom. The Labute approximate surface area is 148 Å². The number of pyridine rings is 1. The van der Waals surface area contributed by atoms with Gasteiger partial charge in [0.25, 0.3) is 0 Å². The number of nitrogens with zero attached hydrogens (tertiary/aromatic N) is 4. The van der Waals surface area contributed by atoms with E-state index >= 15 is 0 Å². The number of hydrogen-bond acceptors (Lipinski definition) is 4. The molecule has 0 amide bonds. The second-order valence-corrected chi connectivity index (χ2v) is 6.62. The molecule has 5 nitrogen and oxygen atoms in total. The van der Waals surface area contributed by atoms with E-state index in [2.05, 4.69) is 9.97 Å². The topological polar surface area (TPSA) is 54.2 Å². The first-order valence-electron chi connectivity index (χ1n) is 7.90. The Bertz CT molecular complexity index is 749. The third-order valence-corrected chi connectivity index (χ3v) is 4.75. The van der Waals surface area contributed by atoms with Gasteiger partial charge < -0.3 is 14.6 Å². The fourth-order valence-corrected chi connectivity index (χ4v) is 3.44. The van der Waals surface area contributed by atoms with Gasteiger partial charge in [0.1, 0.15) is 17.7 Å². The van der Waals surface area contributed by atoms with Gasteiger partial charge in [-0.15, -0.1) is 0 Å². The lowest BCUT2D eigenvalue weighted by molar-refractivity contribution is -0.137. The fraction of sp³-hybridized carbons (Fsp3) is 0.500. The summed E-state index contributed by atoms with van der Waals surface area (Å²) in [7, 11) is 1.81. The van der Waals surface area contributed by atoms with E-state index in [0.29, 0.717) is 24.7 Å². The van der Waals surface area contributed by atoms with Crippen molar-refractivity contribution in [1.82, 2.24) is 14.5 Å². The molecule has 2 unspecified atom stereocenters. The van der Waals surface area contributed by atoms with Crippen molar-refractivity contribution in [3.63, 3.8) is 0 Å². The summed E-state index contributed by atoms with van der Waals surface area (Å²) in [6.45, 7) is 1.08. The maximum atomic E-state index is 12.8. The quantitative estimate of drug-likeness (QED) is 0.894. The van der Waals surface area contributed by atoms with Crippen LogP contribution in [0.4, 0.5) is 19.0 Å². The second kappa shape index (κ2) is 6.84. The minimum absolute atomic E-state index is 0.0399. The van der Waals surface area contributed by atoms with Gasteiger partial charge in [0.2, 0.25) is 0 Å². The van der Waals surface area contributed by atoms with E-state index in [-0.39, 0.29) is 10.9 Å². The number of aryl methyl sites for hydroxylation is 1. The molecule has 0 spiro atoms. The molecule has 0 radical (unpaired) electrons. The highest BCUT2D eigenvalue weighted by molar-refractivity contribution is 6.33. The molecule has 3 rings (SSSR count). The maximum absolute atomic E-state index is 12.8. The molecule has 3 heterocycles. The van der Waals surface area contributed by atoms with E-state index in [9.17, 15) is 18.3 Å². The Balaban J connectivity index is 1.79. The molecule has 0 aliphatic carbocycles. The summed E-state index contributed by atoms with van der Waals surface area (Å²) >= 11 is 6.04. The summed E-state index contributed by atoms with van der Waals surface area (Å²) in [5.74, 6) is 0.778. The smallest absolute Gasteiger partial charge is 0.385 e. The van der Waals surface area contributed by atoms with E-state index in [1.807, 2.05) is 4.90 Å². The highest BCUT2D eigenvalue weighted by atomic mass is 35.5. The summed E-state index contributed by atoms with van der Waals surface area (Å²) in [6.07, 6.45) is 0.513. The number of rotatable bonds is 3. The molecule has 9 heteroatoms. The summed E-state index contributed by atoms with van der Waals surface area (Å²) in [6, 6.07) is 0.892. The Morgan fingerprint density at radius 3 is 2.72 bits per heavy atom. The molecule has 1 saturated heterocycles. The van der Waals surface area contributed by atoms with Gasteiger partial charge in [0.05, 0.1) is 10.6 Å². The van der Waals surface area contributed by atoms with Gasteiger partial charge in [-0.3, -0.25) is 0 Å². The third kappa shape index (κ3) is 3.74. The molecule has 25 heavy (non-hydrogen) atoms. The van der Waals surface area contributed by atoms with Crippen LogP contribution in [0.25, 0.3) is 0 Å². The number of aromatic nitrogens is 3. The summed E-state index contributed by atoms with van der Waals surface area (Å²) in [4.78, 5) is 9.91. The van der Waals surface area contributed by atoms with E-state index in [0.717, 1.165) is 25.1 Å². The van der Waals surface area contributed by atoms with Gasteiger partial charge in [-0.25, -0.2) is 9.97 Å². The highest BCUT2D eigenvalue weighted by Crippen LogP contribution is 2.36. The lowest BCUT2D eigenvalue weighted by atomic mass is 9.92. The fourth-order valence-electron chi connectivity index (χ4n) is 3.15. The van der Waals surface area contributed by atoms with E-state index < -0.39 is 17.8 Å².